The summed E-state index contributed by atoms with van der Waals surface area (Å²) in [6.45, 7) is 2.46. The second-order valence-corrected chi connectivity index (χ2v) is 5.66. The molecule has 1 aromatic rings. The van der Waals surface area contributed by atoms with Gasteiger partial charge in [0.2, 0.25) is 0 Å². The second kappa shape index (κ2) is 7.30. The maximum absolute atomic E-state index is 10.5. The van der Waals surface area contributed by atoms with Crippen LogP contribution in [0.4, 0.5) is 5.69 Å². The molecule has 1 fully saturated rings. The summed E-state index contributed by atoms with van der Waals surface area (Å²) in [6.07, 6.45) is 2.13. The number of rotatable bonds is 5. The SMILES string of the molecule is N#Cc1ccc(N2CCCC(CNCC(=O)O)C2)c(Cl)c1. The Kier molecular flexibility index (Phi) is 5.43. The Labute approximate surface area is 129 Å². The van der Waals surface area contributed by atoms with Crippen LogP contribution in [0.2, 0.25) is 5.02 Å². The van der Waals surface area contributed by atoms with Crippen molar-refractivity contribution in [3.63, 3.8) is 0 Å². The van der Waals surface area contributed by atoms with Crippen molar-refractivity contribution < 1.29 is 9.90 Å². The number of aliphatic carboxylic acids is 1. The fourth-order valence-corrected chi connectivity index (χ4v) is 2.97. The Bertz CT molecular complexity index is 556. The Hall–Kier alpha value is -1.77. The number of nitrogens with zero attached hydrogens (tertiary/aromatic N) is 2. The van der Waals surface area contributed by atoms with E-state index in [0.717, 1.165) is 31.6 Å². The third kappa shape index (κ3) is 4.35. The lowest BCUT2D eigenvalue weighted by atomic mass is 9.97. The van der Waals surface area contributed by atoms with Crippen LogP contribution < -0.4 is 10.2 Å². The Morgan fingerprint density at radius 2 is 2.38 bits per heavy atom. The van der Waals surface area contributed by atoms with Crippen LogP contribution in [0.25, 0.3) is 0 Å². The first-order chi connectivity index (χ1) is 10.1. The summed E-state index contributed by atoms with van der Waals surface area (Å²) in [5, 5.41) is 21.1. The van der Waals surface area contributed by atoms with E-state index in [4.69, 9.17) is 22.0 Å². The van der Waals surface area contributed by atoms with E-state index in [1.807, 2.05) is 6.07 Å². The number of carboxylic acid groups (broad SMARTS) is 1. The first-order valence-corrected chi connectivity index (χ1v) is 7.35. The molecule has 1 aliphatic rings. The average Bonchev–Trinajstić information content (AvgIpc) is 2.47. The van der Waals surface area contributed by atoms with E-state index in [2.05, 4.69) is 16.3 Å². The summed E-state index contributed by atoms with van der Waals surface area (Å²) in [5.74, 6) is -0.428. The van der Waals surface area contributed by atoms with E-state index in [9.17, 15) is 4.79 Å². The minimum absolute atomic E-state index is 0.00583. The Balaban J connectivity index is 1.97. The summed E-state index contributed by atoms with van der Waals surface area (Å²) in [6, 6.07) is 7.41. The van der Waals surface area contributed by atoms with Crippen molar-refractivity contribution in [2.75, 3.05) is 31.1 Å². The molecular weight excluding hydrogens is 290 g/mol. The number of carbonyl (C=O) groups is 1. The number of nitrogens with one attached hydrogen (secondary N) is 1. The number of benzene rings is 1. The van der Waals surface area contributed by atoms with Crippen molar-refractivity contribution in [1.82, 2.24) is 5.32 Å². The van der Waals surface area contributed by atoms with Gasteiger partial charge >= 0.3 is 5.97 Å². The first-order valence-electron chi connectivity index (χ1n) is 6.97. The summed E-state index contributed by atoms with van der Waals surface area (Å²) in [7, 11) is 0. The second-order valence-electron chi connectivity index (χ2n) is 5.26. The molecular formula is C15H18ClN3O2. The summed E-state index contributed by atoms with van der Waals surface area (Å²) < 4.78 is 0. The van der Waals surface area contributed by atoms with E-state index in [1.54, 1.807) is 12.1 Å². The number of anilines is 1. The summed E-state index contributed by atoms with van der Waals surface area (Å²) in [4.78, 5) is 12.7. The highest BCUT2D eigenvalue weighted by molar-refractivity contribution is 6.33. The van der Waals surface area contributed by atoms with Gasteiger partial charge in [0.15, 0.2) is 0 Å². The molecule has 1 aliphatic heterocycles. The molecule has 2 rings (SSSR count). The van der Waals surface area contributed by atoms with Crippen LogP contribution in [0.15, 0.2) is 18.2 Å². The zero-order valence-electron chi connectivity index (χ0n) is 11.7. The van der Waals surface area contributed by atoms with Gasteiger partial charge in [-0.05, 0) is 37.0 Å². The molecule has 1 atom stereocenters. The third-order valence-electron chi connectivity index (χ3n) is 3.65. The highest BCUT2D eigenvalue weighted by Gasteiger charge is 2.21. The normalized spacial score (nSPS) is 18.3. The molecule has 0 saturated carbocycles. The lowest BCUT2D eigenvalue weighted by Gasteiger charge is -2.35. The summed E-state index contributed by atoms with van der Waals surface area (Å²) >= 11 is 6.25. The molecule has 0 aromatic heterocycles. The molecule has 0 radical (unpaired) electrons. The molecule has 0 spiro atoms. The van der Waals surface area contributed by atoms with E-state index in [1.165, 1.54) is 0 Å². The standard InChI is InChI=1S/C15H18ClN3O2/c16-13-6-11(7-17)3-4-14(13)19-5-1-2-12(10-19)8-18-9-15(20)21/h3-4,6,12,18H,1-2,5,8-10H2,(H,20,21). The lowest BCUT2D eigenvalue weighted by molar-refractivity contribution is -0.136. The van der Waals surface area contributed by atoms with Gasteiger partial charge < -0.3 is 15.3 Å². The largest absolute Gasteiger partial charge is 0.480 e. The molecule has 1 saturated heterocycles. The van der Waals surface area contributed by atoms with Crippen LogP contribution in [0.3, 0.4) is 0 Å². The van der Waals surface area contributed by atoms with Crippen LogP contribution in [0, 0.1) is 17.2 Å². The molecule has 0 aliphatic carbocycles. The Morgan fingerprint density at radius 3 is 3.05 bits per heavy atom. The number of hydrogen-bond donors (Lipinski definition) is 2. The van der Waals surface area contributed by atoms with Gasteiger partial charge in [-0.2, -0.15) is 5.26 Å². The van der Waals surface area contributed by atoms with Crippen LogP contribution in [0.1, 0.15) is 18.4 Å². The fourth-order valence-electron chi connectivity index (χ4n) is 2.67. The van der Waals surface area contributed by atoms with Gasteiger partial charge in [0.1, 0.15) is 0 Å². The summed E-state index contributed by atoms with van der Waals surface area (Å²) in [5.41, 5.74) is 1.50. The number of halogens is 1. The zero-order valence-corrected chi connectivity index (χ0v) is 12.4. The molecule has 1 unspecified atom stereocenters. The van der Waals surface area contributed by atoms with E-state index < -0.39 is 5.97 Å². The fraction of sp³-hybridized carbons (Fsp3) is 0.467. The number of carboxylic acids is 1. The van der Waals surface area contributed by atoms with Crippen molar-refractivity contribution in [2.45, 2.75) is 12.8 Å². The third-order valence-corrected chi connectivity index (χ3v) is 3.95. The number of nitriles is 1. The van der Waals surface area contributed by atoms with Crippen LogP contribution in [-0.4, -0.2) is 37.3 Å². The highest BCUT2D eigenvalue weighted by atomic mass is 35.5. The molecule has 2 N–H and O–H groups in total. The molecule has 0 bridgehead atoms. The topological polar surface area (TPSA) is 76.4 Å². The number of piperidine rings is 1. The van der Waals surface area contributed by atoms with Gasteiger partial charge in [-0.25, -0.2) is 0 Å². The Morgan fingerprint density at radius 1 is 1.57 bits per heavy atom. The lowest BCUT2D eigenvalue weighted by Crippen LogP contribution is -2.40. The monoisotopic (exact) mass is 307 g/mol. The van der Waals surface area contributed by atoms with Gasteiger partial charge in [-0.1, -0.05) is 11.6 Å². The van der Waals surface area contributed by atoms with Crippen LogP contribution in [0.5, 0.6) is 0 Å². The van der Waals surface area contributed by atoms with Crippen molar-refractivity contribution in [2.24, 2.45) is 5.92 Å². The molecule has 6 heteroatoms. The zero-order chi connectivity index (χ0) is 15.2. The first kappa shape index (κ1) is 15.6. The molecule has 112 valence electrons. The van der Waals surface area contributed by atoms with Gasteiger partial charge in [-0.15, -0.1) is 0 Å². The number of hydrogen-bond acceptors (Lipinski definition) is 4. The van der Waals surface area contributed by atoms with Crippen LogP contribution >= 0.6 is 11.6 Å². The predicted octanol–water partition coefficient (Wildman–Crippen LogP) is 2.10. The molecule has 5 nitrogen and oxygen atoms in total. The quantitative estimate of drug-likeness (QED) is 0.871. The van der Waals surface area contributed by atoms with Crippen molar-refractivity contribution in [3.8, 4) is 6.07 Å². The minimum Gasteiger partial charge on any atom is -0.480 e. The minimum atomic E-state index is -0.835. The maximum atomic E-state index is 10.5. The maximum Gasteiger partial charge on any atom is 0.317 e. The smallest absolute Gasteiger partial charge is 0.317 e. The van der Waals surface area contributed by atoms with Crippen molar-refractivity contribution in [1.29, 1.82) is 5.26 Å². The van der Waals surface area contributed by atoms with Crippen LogP contribution in [-0.2, 0) is 4.79 Å². The van der Waals surface area contributed by atoms with Gasteiger partial charge in [-0.3, -0.25) is 4.79 Å². The van der Waals surface area contributed by atoms with Gasteiger partial charge in [0, 0.05) is 19.6 Å². The van der Waals surface area contributed by atoms with Gasteiger partial charge in [0.05, 0.1) is 28.9 Å². The van der Waals surface area contributed by atoms with E-state index in [-0.39, 0.29) is 6.54 Å². The molecule has 0 amide bonds. The van der Waals surface area contributed by atoms with E-state index in [0.29, 0.717) is 23.0 Å². The van der Waals surface area contributed by atoms with Crippen molar-refractivity contribution in [3.05, 3.63) is 28.8 Å². The average molecular weight is 308 g/mol. The molecule has 1 aromatic carbocycles. The molecule has 1 heterocycles. The highest BCUT2D eigenvalue weighted by Crippen LogP contribution is 2.30. The van der Waals surface area contributed by atoms with Crippen molar-refractivity contribution >= 4 is 23.3 Å². The molecule has 21 heavy (non-hydrogen) atoms. The van der Waals surface area contributed by atoms with E-state index >= 15 is 0 Å². The predicted molar refractivity (Wildman–Crippen MR) is 81.6 cm³/mol. The van der Waals surface area contributed by atoms with Gasteiger partial charge in [0.25, 0.3) is 0 Å².